The second kappa shape index (κ2) is 6.46. The molecule has 0 heterocycles. The number of halogens is 2. The van der Waals surface area contributed by atoms with Crippen LogP contribution in [0.2, 0.25) is 0 Å². The molecule has 0 saturated heterocycles. The maximum absolute atomic E-state index is 12.3. The number of non-ortho nitro benzene ring substituents is 1. The van der Waals surface area contributed by atoms with Gasteiger partial charge in [0, 0.05) is 12.1 Å². The van der Waals surface area contributed by atoms with Crippen LogP contribution in [0.5, 0.6) is 0 Å². The highest BCUT2D eigenvalue weighted by atomic mass is 79.9. The molecule has 23 heavy (non-hydrogen) atoms. The number of allylic oxidation sites excluding steroid dienone is 4. The van der Waals surface area contributed by atoms with E-state index >= 15 is 0 Å². The average Bonchev–Trinajstić information content (AvgIpc) is 2.50. The van der Waals surface area contributed by atoms with Crippen LogP contribution >= 0.6 is 31.9 Å². The van der Waals surface area contributed by atoms with Crippen molar-refractivity contribution in [3.8, 4) is 0 Å². The zero-order valence-electron chi connectivity index (χ0n) is 11.5. The standard InChI is InChI=1S/C13H8Br2N2O5S/c1-7-11(6-10(14)13(18)12(7)15)16-23(21,22)9-4-2-3-8(5-9)17(19)20/h2-6H,1H3. The monoisotopic (exact) mass is 462 g/mol. The molecule has 0 N–H and O–H groups in total. The minimum atomic E-state index is -4.16. The van der Waals surface area contributed by atoms with Crippen molar-refractivity contribution in [2.75, 3.05) is 0 Å². The molecule has 0 bridgehead atoms. The van der Waals surface area contributed by atoms with Crippen molar-refractivity contribution in [1.29, 1.82) is 0 Å². The Hall–Kier alpha value is -1.65. The van der Waals surface area contributed by atoms with Gasteiger partial charge in [-0.15, -0.1) is 0 Å². The normalized spacial score (nSPS) is 17.4. The fourth-order valence-electron chi connectivity index (χ4n) is 1.72. The molecular weight excluding hydrogens is 456 g/mol. The first kappa shape index (κ1) is 17.7. The smallest absolute Gasteiger partial charge is 0.283 e. The van der Waals surface area contributed by atoms with Gasteiger partial charge in [0.05, 0.1) is 24.5 Å². The molecule has 120 valence electrons. The number of hydrogen-bond donors (Lipinski definition) is 0. The highest BCUT2D eigenvalue weighted by molar-refractivity contribution is 9.13. The molecule has 1 aliphatic rings. The molecule has 0 amide bonds. The predicted octanol–water partition coefficient (Wildman–Crippen LogP) is 3.25. The van der Waals surface area contributed by atoms with E-state index in [1.165, 1.54) is 24.3 Å². The lowest BCUT2D eigenvalue weighted by Crippen LogP contribution is -2.14. The first-order valence-corrected chi connectivity index (χ1v) is 9.04. The molecule has 0 aromatic heterocycles. The summed E-state index contributed by atoms with van der Waals surface area (Å²) in [5.41, 5.74) is 0.0670. The Bertz CT molecular complexity index is 916. The number of sulfonamides is 1. The van der Waals surface area contributed by atoms with Crippen LogP contribution in [-0.2, 0) is 14.8 Å². The summed E-state index contributed by atoms with van der Waals surface area (Å²) in [6.45, 7) is 1.54. The third-order valence-corrected chi connectivity index (χ3v) is 5.77. The van der Waals surface area contributed by atoms with E-state index in [9.17, 15) is 23.3 Å². The van der Waals surface area contributed by atoms with Crippen LogP contribution in [0.4, 0.5) is 5.69 Å². The summed E-state index contributed by atoms with van der Waals surface area (Å²) < 4.78 is 28.7. The Morgan fingerprint density at radius 2 is 1.91 bits per heavy atom. The number of ketones is 1. The van der Waals surface area contributed by atoms with Gasteiger partial charge >= 0.3 is 0 Å². The first-order chi connectivity index (χ1) is 10.6. The molecule has 0 radical (unpaired) electrons. The number of rotatable bonds is 3. The molecule has 0 unspecified atom stereocenters. The van der Waals surface area contributed by atoms with Crippen molar-refractivity contribution in [2.45, 2.75) is 11.8 Å². The van der Waals surface area contributed by atoms with Crippen LogP contribution in [0.15, 0.2) is 54.2 Å². The lowest BCUT2D eigenvalue weighted by Gasteiger charge is -2.12. The average molecular weight is 464 g/mol. The van der Waals surface area contributed by atoms with E-state index in [1.807, 2.05) is 0 Å². The van der Waals surface area contributed by atoms with E-state index in [1.54, 1.807) is 6.92 Å². The molecule has 0 spiro atoms. The van der Waals surface area contributed by atoms with Gasteiger partial charge in [0.15, 0.2) is 0 Å². The van der Waals surface area contributed by atoms with Crippen molar-refractivity contribution in [2.24, 2.45) is 4.40 Å². The second-order valence-electron chi connectivity index (χ2n) is 4.47. The molecule has 1 aromatic rings. The second-order valence-corrected chi connectivity index (χ2v) is 7.72. The largest absolute Gasteiger partial charge is 0.287 e. The number of nitro benzene ring substituents is 1. The van der Waals surface area contributed by atoms with Crippen LogP contribution in [0.25, 0.3) is 0 Å². The summed E-state index contributed by atoms with van der Waals surface area (Å²) in [4.78, 5) is 21.5. The molecule has 1 aliphatic carbocycles. The fourth-order valence-corrected chi connectivity index (χ4v) is 3.89. The van der Waals surface area contributed by atoms with E-state index < -0.39 is 14.9 Å². The number of nitrogens with zero attached hydrogens (tertiary/aromatic N) is 2. The third kappa shape index (κ3) is 3.65. The minimum absolute atomic E-state index is 0.0647. The lowest BCUT2D eigenvalue weighted by molar-refractivity contribution is -0.385. The zero-order chi connectivity index (χ0) is 17.4. The molecule has 0 saturated carbocycles. The van der Waals surface area contributed by atoms with Gasteiger partial charge in [-0.2, -0.15) is 12.8 Å². The molecule has 0 atom stereocenters. The van der Waals surface area contributed by atoms with Crippen molar-refractivity contribution in [3.05, 3.63) is 55.0 Å². The highest BCUT2D eigenvalue weighted by Gasteiger charge is 2.24. The highest BCUT2D eigenvalue weighted by Crippen LogP contribution is 2.28. The van der Waals surface area contributed by atoms with E-state index in [0.717, 1.165) is 6.07 Å². The maximum atomic E-state index is 12.3. The quantitative estimate of drug-likeness (QED) is 0.388. The maximum Gasteiger partial charge on any atom is 0.283 e. The summed E-state index contributed by atoms with van der Waals surface area (Å²) in [6, 6.07) is 4.59. The molecule has 2 rings (SSSR count). The third-order valence-electron chi connectivity index (χ3n) is 2.94. The molecule has 7 nitrogen and oxygen atoms in total. The Kier molecular flexibility index (Phi) is 4.97. The van der Waals surface area contributed by atoms with Crippen LogP contribution < -0.4 is 0 Å². The van der Waals surface area contributed by atoms with Crippen molar-refractivity contribution < 1.29 is 18.1 Å². The van der Waals surface area contributed by atoms with Crippen molar-refractivity contribution in [3.63, 3.8) is 0 Å². The van der Waals surface area contributed by atoms with Gasteiger partial charge in [-0.25, -0.2) is 0 Å². The number of nitro groups is 1. The fraction of sp³-hybridized carbons (Fsp3) is 0.0769. The van der Waals surface area contributed by atoms with E-state index in [-0.39, 0.29) is 31.0 Å². The van der Waals surface area contributed by atoms with Crippen molar-refractivity contribution >= 4 is 59.1 Å². The van der Waals surface area contributed by atoms with Gasteiger partial charge in [0.2, 0.25) is 5.78 Å². The number of benzene rings is 1. The number of carbonyl (C=O) groups excluding carboxylic acids is 1. The Morgan fingerprint density at radius 1 is 1.26 bits per heavy atom. The van der Waals surface area contributed by atoms with Gasteiger partial charge in [-0.1, -0.05) is 6.07 Å². The molecular formula is C13H8Br2N2O5S. The van der Waals surface area contributed by atoms with Crippen LogP contribution in [0, 0.1) is 10.1 Å². The number of hydrogen-bond acceptors (Lipinski definition) is 5. The Balaban J connectivity index is 2.55. The lowest BCUT2D eigenvalue weighted by atomic mass is 10.1. The van der Waals surface area contributed by atoms with Crippen LogP contribution in [0.3, 0.4) is 0 Å². The van der Waals surface area contributed by atoms with E-state index in [4.69, 9.17) is 0 Å². The van der Waals surface area contributed by atoms with Gasteiger partial charge in [-0.05, 0) is 56.5 Å². The van der Waals surface area contributed by atoms with E-state index in [2.05, 4.69) is 36.3 Å². The first-order valence-electron chi connectivity index (χ1n) is 6.01. The number of Topliss-reactive ketones (excluding diaryl/α,β-unsaturated/α-hetero) is 1. The van der Waals surface area contributed by atoms with Gasteiger partial charge in [0.1, 0.15) is 0 Å². The van der Waals surface area contributed by atoms with E-state index in [0.29, 0.717) is 5.57 Å². The summed E-state index contributed by atoms with van der Waals surface area (Å²) >= 11 is 6.13. The van der Waals surface area contributed by atoms with Crippen molar-refractivity contribution in [1.82, 2.24) is 0 Å². The Morgan fingerprint density at radius 3 is 2.52 bits per heavy atom. The zero-order valence-corrected chi connectivity index (χ0v) is 15.5. The SMILES string of the molecule is CC1=C(Br)C(=O)C(Br)=CC1=NS(=O)(=O)c1cccc([N+](=O)[O-])c1. The summed E-state index contributed by atoms with van der Waals surface area (Å²) in [6.07, 6.45) is 1.29. The summed E-state index contributed by atoms with van der Waals surface area (Å²) in [7, 11) is -4.16. The van der Waals surface area contributed by atoms with Crippen LogP contribution in [-0.4, -0.2) is 24.8 Å². The van der Waals surface area contributed by atoms with Gasteiger partial charge < -0.3 is 0 Å². The Labute approximate surface area is 148 Å². The topological polar surface area (TPSA) is 107 Å². The van der Waals surface area contributed by atoms with Crippen LogP contribution in [0.1, 0.15) is 6.92 Å². The number of carbonyl (C=O) groups is 1. The summed E-state index contributed by atoms with van der Waals surface area (Å²) in [5, 5.41) is 10.8. The van der Waals surface area contributed by atoms with Gasteiger partial charge in [0.25, 0.3) is 15.7 Å². The molecule has 10 heteroatoms. The minimum Gasteiger partial charge on any atom is -0.287 e. The molecule has 1 aromatic carbocycles. The summed E-state index contributed by atoms with van der Waals surface area (Å²) in [5.74, 6) is -0.325. The van der Waals surface area contributed by atoms with Gasteiger partial charge in [-0.3, -0.25) is 14.9 Å². The molecule has 0 fully saturated rings. The molecule has 0 aliphatic heterocycles. The predicted molar refractivity (Wildman–Crippen MR) is 91.4 cm³/mol.